The number of piperidine rings is 3. The largest absolute Gasteiger partial charge is 0.369 e. The lowest BCUT2D eigenvalue weighted by Gasteiger charge is -2.46. The van der Waals surface area contributed by atoms with Crippen molar-refractivity contribution in [2.75, 3.05) is 0 Å². The lowest BCUT2D eigenvalue weighted by atomic mass is 9.83. The number of carbonyl (C=O) groups excluding carboxylic acids is 3. The van der Waals surface area contributed by atoms with Crippen LogP contribution in [0.4, 0.5) is 0 Å². The molecular weight excluding hydrogens is 392 g/mol. The molecule has 31 heavy (non-hydrogen) atoms. The number of fused-ring (bicyclic) bond motifs is 6. The Hall–Kier alpha value is -1.63. The van der Waals surface area contributed by atoms with E-state index >= 15 is 0 Å². The molecule has 0 spiro atoms. The summed E-state index contributed by atoms with van der Waals surface area (Å²) in [5.74, 6) is 0.0170. The highest BCUT2D eigenvalue weighted by atomic mass is 16.2. The van der Waals surface area contributed by atoms with Crippen molar-refractivity contribution in [1.82, 2.24) is 15.1 Å². The van der Waals surface area contributed by atoms with Gasteiger partial charge in [-0.3, -0.25) is 14.4 Å². The van der Waals surface area contributed by atoms with Crippen molar-refractivity contribution >= 4 is 17.7 Å². The molecule has 6 heterocycles. The van der Waals surface area contributed by atoms with E-state index in [1.54, 1.807) is 0 Å². The highest BCUT2D eigenvalue weighted by molar-refractivity contribution is 5.86. The second-order valence-electron chi connectivity index (χ2n) is 11.1. The number of hydrogen-bond acceptors (Lipinski definition) is 4. The van der Waals surface area contributed by atoms with E-state index in [1.165, 1.54) is 6.42 Å². The predicted molar refractivity (Wildman–Crippen MR) is 115 cm³/mol. The lowest BCUT2D eigenvalue weighted by molar-refractivity contribution is -0.152. The van der Waals surface area contributed by atoms with Crippen LogP contribution in [-0.4, -0.2) is 63.8 Å². The maximum Gasteiger partial charge on any atom is 0.228 e. The summed E-state index contributed by atoms with van der Waals surface area (Å²) >= 11 is 0. The molecule has 0 aromatic carbocycles. The Morgan fingerprint density at radius 2 is 1.13 bits per heavy atom. The SMILES string of the molecule is NC(=O)[C@@H]1CC[C@H]2CC[C@@H]1N2C(=O)[C@@H]1CC[C@@H]2CC[C@H]1N2C(=O)[C@@H]1CC[C@H]2CC[C@@H]1N2. The van der Waals surface area contributed by atoms with E-state index in [0.717, 1.165) is 70.6 Å². The van der Waals surface area contributed by atoms with Crippen LogP contribution in [0.1, 0.15) is 77.0 Å². The molecule has 9 atom stereocenters. The molecule has 0 saturated carbocycles. The molecule has 3 N–H and O–H groups in total. The lowest BCUT2D eigenvalue weighted by Crippen LogP contribution is -2.59. The van der Waals surface area contributed by atoms with Crippen molar-refractivity contribution in [3.05, 3.63) is 0 Å². The third-order valence-electron chi connectivity index (χ3n) is 9.74. The Kier molecular flexibility index (Phi) is 4.82. The van der Waals surface area contributed by atoms with E-state index < -0.39 is 0 Å². The Labute approximate surface area is 184 Å². The van der Waals surface area contributed by atoms with Gasteiger partial charge in [0, 0.05) is 36.3 Å². The van der Waals surface area contributed by atoms with E-state index in [9.17, 15) is 14.4 Å². The molecule has 0 aliphatic carbocycles. The average Bonchev–Trinajstić information content (AvgIpc) is 3.38. The fourth-order valence-electron chi connectivity index (χ4n) is 8.27. The van der Waals surface area contributed by atoms with Crippen molar-refractivity contribution < 1.29 is 14.4 Å². The van der Waals surface area contributed by atoms with Crippen LogP contribution >= 0.6 is 0 Å². The molecule has 6 rings (SSSR count). The van der Waals surface area contributed by atoms with Crippen LogP contribution in [0.25, 0.3) is 0 Å². The number of carbonyl (C=O) groups is 3. The Balaban J connectivity index is 1.22. The number of nitrogens with zero attached hydrogens (tertiary/aromatic N) is 2. The minimum atomic E-state index is -0.260. The van der Waals surface area contributed by atoms with Crippen molar-refractivity contribution in [2.45, 2.75) is 113 Å². The zero-order valence-corrected chi connectivity index (χ0v) is 18.4. The summed E-state index contributed by atoms with van der Waals surface area (Å²) in [4.78, 5) is 43.8. The van der Waals surface area contributed by atoms with Crippen LogP contribution in [0, 0.1) is 17.8 Å². The van der Waals surface area contributed by atoms with E-state index in [4.69, 9.17) is 5.73 Å². The zero-order valence-electron chi connectivity index (χ0n) is 18.4. The van der Waals surface area contributed by atoms with Gasteiger partial charge >= 0.3 is 0 Å². The number of rotatable bonds is 3. The van der Waals surface area contributed by atoms with Gasteiger partial charge in [-0.05, 0) is 77.0 Å². The average molecular weight is 429 g/mol. The first kappa shape index (κ1) is 20.0. The summed E-state index contributed by atoms with van der Waals surface area (Å²) in [5, 5.41) is 3.66. The molecule has 6 bridgehead atoms. The quantitative estimate of drug-likeness (QED) is 0.713. The summed E-state index contributed by atoms with van der Waals surface area (Å²) in [6, 6.07) is 1.54. The topological polar surface area (TPSA) is 95.7 Å². The highest BCUT2D eigenvalue weighted by Gasteiger charge is 2.54. The second kappa shape index (κ2) is 7.46. The minimum Gasteiger partial charge on any atom is -0.369 e. The van der Waals surface area contributed by atoms with Gasteiger partial charge in [-0.15, -0.1) is 0 Å². The van der Waals surface area contributed by atoms with Crippen molar-refractivity contribution in [2.24, 2.45) is 23.5 Å². The molecule has 0 aromatic heterocycles. The Bertz CT molecular complexity index is 787. The maximum absolute atomic E-state index is 13.9. The number of nitrogens with two attached hydrogens (primary N) is 1. The maximum atomic E-state index is 13.9. The van der Waals surface area contributed by atoms with Crippen LogP contribution in [-0.2, 0) is 14.4 Å². The van der Waals surface area contributed by atoms with Crippen LogP contribution in [0.5, 0.6) is 0 Å². The molecule has 3 amide bonds. The third kappa shape index (κ3) is 3.05. The fourth-order valence-corrected chi connectivity index (χ4v) is 8.27. The molecule has 7 heteroatoms. The number of primary amides is 1. The van der Waals surface area contributed by atoms with Gasteiger partial charge in [0.2, 0.25) is 17.7 Å². The van der Waals surface area contributed by atoms with Crippen molar-refractivity contribution in [3.8, 4) is 0 Å². The van der Waals surface area contributed by atoms with Gasteiger partial charge in [0.05, 0.1) is 17.8 Å². The molecule has 6 aliphatic rings. The summed E-state index contributed by atoms with van der Waals surface area (Å²) in [6.07, 6.45) is 11.8. The van der Waals surface area contributed by atoms with E-state index in [1.807, 2.05) is 0 Å². The van der Waals surface area contributed by atoms with E-state index in [0.29, 0.717) is 24.0 Å². The van der Waals surface area contributed by atoms with Crippen LogP contribution in [0.15, 0.2) is 0 Å². The third-order valence-corrected chi connectivity index (χ3v) is 9.74. The molecule has 0 aromatic rings. The summed E-state index contributed by atoms with van der Waals surface area (Å²) < 4.78 is 0. The van der Waals surface area contributed by atoms with Gasteiger partial charge in [0.15, 0.2) is 0 Å². The first-order valence-electron chi connectivity index (χ1n) is 12.7. The smallest absolute Gasteiger partial charge is 0.228 e. The van der Waals surface area contributed by atoms with E-state index in [-0.39, 0.29) is 47.7 Å². The first-order chi connectivity index (χ1) is 15.0. The molecular formula is C24H36N4O3. The number of nitrogens with one attached hydrogen (secondary N) is 1. The summed E-state index contributed by atoms with van der Waals surface area (Å²) in [6.45, 7) is 0. The molecule has 0 radical (unpaired) electrons. The van der Waals surface area contributed by atoms with Crippen LogP contribution in [0.3, 0.4) is 0 Å². The van der Waals surface area contributed by atoms with Gasteiger partial charge in [-0.2, -0.15) is 0 Å². The van der Waals surface area contributed by atoms with Gasteiger partial charge in [0.1, 0.15) is 0 Å². The standard InChI is InChI=1S/C24H36N4O3/c25-22(29)17-8-3-14-5-11-20(17)27(14)24(31)18-9-4-15-6-12-21(18)28(15)23(30)16-7-1-13-2-10-19(16)26-13/h13-21,26H,1-12H2,(H2,25,29)/t13-,14-,15+,16+,17+,18+,19-,20-,21+/m0/s1. The van der Waals surface area contributed by atoms with Crippen LogP contribution in [0.2, 0.25) is 0 Å². The van der Waals surface area contributed by atoms with Gasteiger partial charge in [0.25, 0.3) is 0 Å². The summed E-state index contributed by atoms with van der Waals surface area (Å²) in [5.41, 5.74) is 5.69. The Morgan fingerprint density at radius 1 is 0.613 bits per heavy atom. The van der Waals surface area contributed by atoms with E-state index in [2.05, 4.69) is 15.1 Å². The molecule has 0 unspecified atom stereocenters. The molecule has 6 fully saturated rings. The predicted octanol–water partition coefficient (Wildman–Crippen LogP) is 1.54. The number of amides is 3. The normalized spacial score (nSPS) is 45.7. The number of hydrogen-bond donors (Lipinski definition) is 2. The Morgan fingerprint density at radius 3 is 1.81 bits per heavy atom. The minimum absolute atomic E-state index is 0.0232. The van der Waals surface area contributed by atoms with Gasteiger partial charge in [-0.1, -0.05) is 0 Å². The highest BCUT2D eigenvalue weighted by Crippen LogP contribution is 2.46. The first-order valence-corrected chi connectivity index (χ1v) is 12.7. The molecule has 6 saturated heterocycles. The second-order valence-corrected chi connectivity index (χ2v) is 11.1. The zero-order chi connectivity index (χ0) is 21.3. The molecule has 170 valence electrons. The van der Waals surface area contributed by atoms with Gasteiger partial charge < -0.3 is 20.9 Å². The molecule has 7 nitrogen and oxygen atoms in total. The van der Waals surface area contributed by atoms with Gasteiger partial charge in [-0.25, -0.2) is 0 Å². The van der Waals surface area contributed by atoms with Crippen LogP contribution < -0.4 is 11.1 Å². The molecule has 6 aliphatic heterocycles. The van der Waals surface area contributed by atoms with Crippen molar-refractivity contribution in [3.63, 3.8) is 0 Å². The summed E-state index contributed by atoms with van der Waals surface area (Å²) in [7, 11) is 0. The van der Waals surface area contributed by atoms with Crippen molar-refractivity contribution in [1.29, 1.82) is 0 Å². The monoisotopic (exact) mass is 428 g/mol. The fraction of sp³-hybridized carbons (Fsp3) is 0.875.